The summed E-state index contributed by atoms with van der Waals surface area (Å²) in [5.74, 6) is 0.736. The minimum atomic E-state index is -0.0387. The predicted molar refractivity (Wildman–Crippen MR) is 63.7 cm³/mol. The Hall–Kier alpha value is -1.91. The number of hydrogen-bond donors (Lipinski definition) is 1. The van der Waals surface area contributed by atoms with Crippen molar-refractivity contribution < 1.29 is 0 Å². The Kier molecular flexibility index (Phi) is 2.60. The standard InChI is InChI=1S/C11H14N4O/c1-7(2)15-9(16)5-4-8-10(12-3)13-6-14-11(8)15/h4-7H,1-3H3,(H,12,13,14). The fourth-order valence-electron chi connectivity index (χ4n) is 1.77. The topological polar surface area (TPSA) is 59.8 Å². The van der Waals surface area contributed by atoms with Crippen molar-refractivity contribution in [3.05, 3.63) is 28.8 Å². The van der Waals surface area contributed by atoms with Gasteiger partial charge in [0, 0.05) is 19.2 Å². The highest BCUT2D eigenvalue weighted by Crippen LogP contribution is 2.18. The molecule has 5 heteroatoms. The van der Waals surface area contributed by atoms with E-state index in [0.29, 0.717) is 5.65 Å². The van der Waals surface area contributed by atoms with Crippen LogP contribution in [0.2, 0.25) is 0 Å². The van der Waals surface area contributed by atoms with Crippen molar-refractivity contribution in [3.63, 3.8) is 0 Å². The lowest BCUT2D eigenvalue weighted by atomic mass is 10.2. The van der Waals surface area contributed by atoms with Gasteiger partial charge in [0.25, 0.3) is 5.56 Å². The highest BCUT2D eigenvalue weighted by atomic mass is 16.1. The average Bonchev–Trinajstić information content (AvgIpc) is 2.27. The van der Waals surface area contributed by atoms with Gasteiger partial charge < -0.3 is 5.32 Å². The largest absolute Gasteiger partial charge is 0.372 e. The summed E-state index contributed by atoms with van der Waals surface area (Å²) in [4.78, 5) is 20.1. The monoisotopic (exact) mass is 218 g/mol. The lowest BCUT2D eigenvalue weighted by Gasteiger charge is -2.13. The van der Waals surface area contributed by atoms with Crippen LogP contribution in [0.3, 0.4) is 0 Å². The molecule has 0 unspecified atom stereocenters. The summed E-state index contributed by atoms with van der Waals surface area (Å²) >= 11 is 0. The van der Waals surface area contributed by atoms with Crippen molar-refractivity contribution in [2.45, 2.75) is 19.9 Å². The van der Waals surface area contributed by atoms with Crippen molar-refractivity contribution in [3.8, 4) is 0 Å². The van der Waals surface area contributed by atoms with Crippen molar-refractivity contribution in [1.29, 1.82) is 0 Å². The SMILES string of the molecule is CNc1ncnc2c1ccc(=O)n2C(C)C. The first-order valence-electron chi connectivity index (χ1n) is 5.19. The van der Waals surface area contributed by atoms with Crippen LogP contribution in [0.25, 0.3) is 11.0 Å². The maximum Gasteiger partial charge on any atom is 0.252 e. The fourth-order valence-corrected chi connectivity index (χ4v) is 1.77. The normalized spacial score (nSPS) is 11.0. The third-order valence-electron chi connectivity index (χ3n) is 2.47. The maximum atomic E-state index is 11.8. The van der Waals surface area contributed by atoms with E-state index in [1.165, 1.54) is 6.33 Å². The number of hydrogen-bond acceptors (Lipinski definition) is 4. The van der Waals surface area contributed by atoms with Crippen LogP contribution in [0, 0.1) is 0 Å². The van der Waals surface area contributed by atoms with Gasteiger partial charge in [-0.3, -0.25) is 9.36 Å². The highest BCUT2D eigenvalue weighted by Gasteiger charge is 2.10. The smallest absolute Gasteiger partial charge is 0.252 e. The zero-order valence-electron chi connectivity index (χ0n) is 9.56. The lowest BCUT2D eigenvalue weighted by Crippen LogP contribution is -2.22. The molecule has 0 aliphatic rings. The lowest BCUT2D eigenvalue weighted by molar-refractivity contribution is 0.595. The molecule has 2 aromatic rings. The summed E-state index contributed by atoms with van der Waals surface area (Å²) in [5, 5.41) is 3.85. The van der Waals surface area contributed by atoms with Crippen LogP contribution in [0.1, 0.15) is 19.9 Å². The van der Waals surface area contributed by atoms with Crippen LogP contribution in [0.4, 0.5) is 5.82 Å². The molecule has 0 radical (unpaired) electrons. The van der Waals surface area contributed by atoms with Gasteiger partial charge in [0.1, 0.15) is 17.8 Å². The van der Waals surface area contributed by atoms with Crippen molar-refractivity contribution in [2.75, 3.05) is 12.4 Å². The first-order valence-corrected chi connectivity index (χ1v) is 5.19. The molecule has 0 aliphatic carbocycles. The number of nitrogens with zero attached hydrogens (tertiary/aromatic N) is 3. The van der Waals surface area contributed by atoms with Gasteiger partial charge in [0.05, 0.1) is 5.39 Å². The number of pyridine rings is 1. The third kappa shape index (κ3) is 1.54. The average molecular weight is 218 g/mol. The summed E-state index contributed by atoms with van der Waals surface area (Å²) in [6, 6.07) is 3.38. The Labute approximate surface area is 93.2 Å². The van der Waals surface area contributed by atoms with E-state index in [2.05, 4.69) is 15.3 Å². The molecule has 0 amide bonds. The molecule has 84 valence electrons. The first-order chi connectivity index (χ1) is 7.65. The van der Waals surface area contributed by atoms with Gasteiger partial charge >= 0.3 is 0 Å². The van der Waals surface area contributed by atoms with Gasteiger partial charge in [0.2, 0.25) is 0 Å². The molecule has 16 heavy (non-hydrogen) atoms. The zero-order chi connectivity index (χ0) is 11.7. The number of aromatic nitrogens is 3. The van der Waals surface area contributed by atoms with Gasteiger partial charge in [-0.15, -0.1) is 0 Å². The van der Waals surface area contributed by atoms with E-state index in [1.807, 2.05) is 13.8 Å². The molecule has 0 aliphatic heterocycles. The summed E-state index contributed by atoms with van der Waals surface area (Å²) in [7, 11) is 1.80. The molecule has 0 saturated heterocycles. The Morgan fingerprint density at radius 3 is 2.69 bits per heavy atom. The van der Waals surface area contributed by atoms with Crippen LogP contribution >= 0.6 is 0 Å². The van der Waals surface area contributed by atoms with Crippen LogP contribution in [0.15, 0.2) is 23.3 Å². The summed E-state index contributed by atoms with van der Waals surface area (Å²) in [5.41, 5.74) is 0.630. The summed E-state index contributed by atoms with van der Waals surface area (Å²) in [6.45, 7) is 3.92. The van der Waals surface area contributed by atoms with Crippen LogP contribution in [-0.2, 0) is 0 Å². The maximum absolute atomic E-state index is 11.8. The minimum absolute atomic E-state index is 0.0387. The van der Waals surface area contributed by atoms with E-state index in [9.17, 15) is 4.79 Å². The molecule has 2 heterocycles. The molecular weight excluding hydrogens is 204 g/mol. The van der Waals surface area contributed by atoms with E-state index in [4.69, 9.17) is 0 Å². The second kappa shape index (κ2) is 3.92. The molecule has 0 saturated carbocycles. The Morgan fingerprint density at radius 1 is 1.31 bits per heavy atom. The van der Waals surface area contributed by atoms with E-state index in [0.717, 1.165) is 11.2 Å². The summed E-state index contributed by atoms with van der Waals surface area (Å²) < 4.78 is 1.66. The van der Waals surface area contributed by atoms with Crippen molar-refractivity contribution in [1.82, 2.24) is 14.5 Å². The van der Waals surface area contributed by atoms with Gasteiger partial charge in [-0.05, 0) is 19.9 Å². The van der Waals surface area contributed by atoms with Crippen LogP contribution < -0.4 is 10.9 Å². The second-order valence-corrected chi connectivity index (χ2v) is 3.84. The molecule has 0 aromatic carbocycles. The Morgan fingerprint density at radius 2 is 2.06 bits per heavy atom. The zero-order valence-corrected chi connectivity index (χ0v) is 9.56. The Bertz CT molecular complexity index is 574. The molecule has 0 bridgehead atoms. The molecule has 2 rings (SSSR count). The van der Waals surface area contributed by atoms with Gasteiger partial charge in [-0.25, -0.2) is 9.97 Å². The molecule has 1 N–H and O–H groups in total. The van der Waals surface area contributed by atoms with E-state index >= 15 is 0 Å². The number of rotatable bonds is 2. The van der Waals surface area contributed by atoms with Gasteiger partial charge in [-0.2, -0.15) is 0 Å². The highest BCUT2D eigenvalue weighted by molar-refractivity contribution is 5.86. The summed E-state index contributed by atoms with van der Waals surface area (Å²) in [6.07, 6.45) is 1.46. The molecule has 0 spiro atoms. The molecule has 5 nitrogen and oxygen atoms in total. The van der Waals surface area contributed by atoms with E-state index in [1.54, 1.807) is 23.7 Å². The number of nitrogens with one attached hydrogen (secondary N) is 1. The van der Waals surface area contributed by atoms with Gasteiger partial charge in [-0.1, -0.05) is 0 Å². The minimum Gasteiger partial charge on any atom is -0.372 e. The molecule has 0 atom stereocenters. The number of fused-ring (bicyclic) bond motifs is 1. The fraction of sp³-hybridized carbons (Fsp3) is 0.364. The first kappa shape index (κ1) is 10.6. The van der Waals surface area contributed by atoms with Crippen molar-refractivity contribution >= 4 is 16.9 Å². The second-order valence-electron chi connectivity index (χ2n) is 3.84. The Balaban J connectivity index is 2.89. The van der Waals surface area contributed by atoms with Crippen LogP contribution in [0.5, 0.6) is 0 Å². The van der Waals surface area contributed by atoms with E-state index in [-0.39, 0.29) is 11.6 Å². The predicted octanol–water partition coefficient (Wildman–Crippen LogP) is 1.41. The number of anilines is 1. The molecule has 2 aromatic heterocycles. The third-order valence-corrected chi connectivity index (χ3v) is 2.47. The van der Waals surface area contributed by atoms with E-state index < -0.39 is 0 Å². The van der Waals surface area contributed by atoms with Crippen LogP contribution in [-0.4, -0.2) is 21.6 Å². The molecule has 0 fully saturated rings. The van der Waals surface area contributed by atoms with Gasteiger partial charge in [0.15, 0.2) is 0 Å². The molecular formula is C11H14N4O. The van der Waals surface area contributed by atoms with Crippen molar-refractivity contribution in [2.24, 2.45) is 0 Å². The quantitative estimate of drug-likeness (QED) is 0.828.